The number of hydrogen-bond acceptors (Lipinski definition) is 3. The molecule has 3 nitrogen and oxygen atoms in total. The van der Waals surface area contributed by atoms with Gasteiger partial charge in [0.1, 0.15) is 0 Å². The van der Waals surface area contributed by atoms with E-state index in [1.165, 1.54) is 0 Å². The van der Waals surface area contributed by atoms with Crippen LogP contribution in [0.4, 0.5) is 8.78 Å². The third-order valence-electron chi connectivity index (χ3n) is 4.02. The first kappa shape index (κ1) is 24.5. The molecule has 0 radical (unpaired) electrons. The molecule has 1 aliphatic heterocycles. The van der Waals surface area contributed by atoms with Crippen molar-refractivity contribution in [2.24, 2.45) is 0 Å². The number of carbonyl (C=O) groups is 1. The molecule has 1 heterocycles. The second kappa shape index (κ2) is 12.0. The summed E-state index contributed by atoms with van der Waals surface area (Å²) in [6, 6.07) is 7.24. The van der Waals surface area contributed by atoms with Gasteiger partial charge in [-0.3, -0.25) is 4.90 Å². The Morgan fingerprint density at radius 1 is 1.08 bits per heavy atom. The van der Waals surface area contributed by atoms with Crippen LogP contribution in [-0.4, -0.2) is 36.0 Å². The summed E-state index contributed by atoms with van der Waals surface area (Å²) < 4.78 is 31.7. The Kier molecular flexibility index (Phi) is 11.3. The van der Waals surface area contributed by atoms with Gasteiger partial charge in [-0.25, -0.2) is 13.6 Å². The summed E-state index contributed by atoms with van der Waals surface area (Å²) in [5.41, 5.74) is 1.45. The molecule has 0 bridgehead atoms. The first-order chi connectivity index (χ1) is 12.3. The highest BCUT2D eigenvalue weighted by Crippen LogP contribution is 2.32. The number of alkyl halides is 2. The largest absolute Gasteiger partial charge is 0.459 e. The molecule has 2 rings (SSSR count). The molecule has 1 atom stereocenters. The molecule has 1 aromatic carbocycles. The van der Waals surface area contributed by atoms with Crippen LogP contribution < -0.4 is 0 Å². The third kappa shape index (κ3) is 7.81. The SMILES string of the molecule is CC.CC.CC(C)OC(=O)c1cccc(C(C)N2CCC(F)(F)CC2)c1. The zero-order chi connectivity index (χ0) is 20.3. The van der Waals surface area contributed by atoms with E-state index in [-0.39, 0.29) is 31.0 Å². The first-order valence-corrected chi connectivity index (χ1v) is 9.71. The molecular formula is C21H35F2NO2. The summed E-state index contributed by atoms with van der Waals surface area (Å²) in [6.07, 6.45) is -0.378. The summed E-state index contributed by atoms with van der Waals surface area (Å²) in [6.45, 7) is 14.3. The maximum atomic E-state index is 13.2. The molecule has 0 N–H and O–H groups in total. The molecular weight excluding hydrogens is 336 g/mol. The summed E-state index contributed by atoms with van der Waals surface area (Å²) in [5, 5.41) is 0. The van der Waals surface area contributed by atoms with Crippen LogP contribution in [0.5, 0.6) is 0 Å². The molecule has 1 fully saturated rings. The quantitative estimate of drug-likeness (QED) is 0.599. The van der Waals surface area contributed by atoms with E-state index in [2.05, 4.69) is 0 Å². The molecule has 1 unspecified atom stereocenters. The monoisotopic (exact) mass is 371 g/mol. The van der Waals surface area contributed by atoms with Crippen molar-refractivity contribution >= 4 is 5.97 Å². The van der Waals surface area contributed by atoms with Crippen molar-refractivity contribution in [1.82, 2.24) is 4.90 Å². The Morgan fingerprint density at radius 2 is 1.62 bits per heavy atom. The minimum Gasteiger partial charge on any atom is -0.459 e. The van der Waals surface area contributed by atoms with Gasteiger partial charge in [0.2, 0.25) is 0 Å². The van der Waals surface area contributed by atoms with Crippen molar-refractivity contribution in [1.29, 1.82) is 0 Å². The number of rotatable bonds is 4. The topological polar surface area (TPSA) is 29.5 Å². The molecule has 0 spiro atoms. The van der Waals surface area contributed by atoms with Gasteiger partial charge >= 0.3 is 5.97 Å². The fourth-order valence-electron chi connectivity index (χ4n) is 2.66. The molecule has 1 saturated heterocycles. The molecule has 0 amide bonds. The molecule has 5 heteroatoms. The number of piperidine rings is 1. The van der Waals surface area contributed by atoms with Crippen LogP contribution in [-0.2, 0) is 4.74 Å². The minimum atomic E-state index is -2.54. The Bertz CT molecular complexity index is 522. The van der Waals surface area contributed by atoms with Crippen LogP contribution in [0.25, 0.3) is 0 Å². The Balaban J connectivity index is 0.00000146. The highest BCUT2D eigenvalue weighted by Gasteiger charge is 2.35. The number of carbonyl (C=O) groups excluding carboxylic acids is 1. The standard InChI is InChI=1S/C17H23F2NO2.2C2H6/c1-12(2)22-16(21)15-6-4-5-14(11-15)13(3)20-9-7-17(18,19)8-10-20;2*1-2/h4-6,11-13H,7-10H2,1-3H3;2*1-2H3. The van der Waals surface area contributed by atoms with Gasteiger partial charge in [0.15, 0.2) is 0 Å². The lowest BCUT2D eigenvalue weighted by Crippen LogP contribution is -2.40. The molecule has 1 aliphatic rings. The highest BCUT2D eigenvalue weighted by atomic mass is 19.3. The predicted molar refractivity (Wildman–Crippen MR) is 104 cm³/mol. The van der Waals surface area contributed by atoms with Crippen LogP contribution in [0.2, 0.25) is 0 Å². The molecule has 26 heavy (non-hydrogen) atoms. The summed E-state index contributed by atoms with van der Waals surface area (Å²) in [7, 11) is 0. The number of likely N-dealkylation sites (tertiary alicyclic amines) is 1. The maximum Gasteiger partial charge on any atom is 0.338 e. The van der Waals surface area contributed by atoms with Gasteiger partial charge < -0.3 is 4.74 Å². The Hall–Kier alpha value is -1.49. The zero-order valence-electron chi connectivity index (χ0n) is 17.3. The van der Waals surface area contributed by atoms with Crippen molar-refractivity contribution in [3.8, 4) is 0 Å². The van der Waals surface area contributed by atoms with E-state index >= 15 is 0 Å². The van der Waals surface area contributed by atoms with Gasteiger partial charge in [0.05, 0.1) is 11.7 Å². The van der Waals surface area contributed by atoms with Gasteiger partial charge in [0, 0.05) is 32.0 Å². The number of nitrogens with zero attached hydrogens (tertiary/aromatic N) is 1. The van der Waals surface area contributed by atoms with E-state index in [4.69, 9.17) is 4.74 Å². The number of benzene rings is 1. The molecule has 0 aliphatic carbocycles. The van der Waals surface area contributed by atoms with Crippen LogP contribution in [0, 0.1) is 0 Å². The predicted octanol–water partition coefficient (Wildman–Crippen LogP) is 6.10. The van der Waals surface area contributed by atoms with E-state index in [1.54, 1.807) is 32.0 Å². The summed E-state index contributed by atoms with van der Waals surface area (Å²) >= 11 is 0. The second-order valence-corrected chi connectivity index (χ2v) is 6.15. The normalized spacial score (nSPS) is 17.3. The lowest BCUT2D eigenvalue weighted by molar-refractivity contribution is -0.0620. The molecule has 1 aromatic rings. The van der Waals surface area contributed by atoms with Crippen molar-refractivity contribution in [2.45, 2.75) is 79.4 Å². The average molecular weight is 372 g/mol. The summed E-state index contributed by atoms with van der Waals surface area (Å²) in [4.78, 5) is 14.0. The van der Waals surface area contributed by atoms with E-state index in [0.29, 0.717) is 18.7 Å². The van der Waals surface area contributed by atoms with Crippen molar-refractivity contribution in [2.75, 3.05) is 13.1 Å². The van der Waals surface area contributed by atoms with Crippen LogP contribution >= 0.6 is 0 Å². The van der Waals surface area contributed by atoms with Crippen LogP contribution in [0.3, 0.4) is 0 Å². The second-order valence-electron chi connectivity index (χ2n) is 6.15. The Morgan fingerprint density at radius 3 is 2.12 bits per heavy atom. The molecule has 0 saturated carbocycles. The lowest BCUT2D eigenvalue weighted by Gasteiger charge is -2.36. The fourth-order valence-corrected chi connectivity index (χ4v) is 2.66. The fraction of sp³-hybridized carbons (Fsp3) is 0.667. The van der Waals surface area contributed by atoms with E-state index in [0.717, 1.165) is 5.56 Å². The number of hydrogen-bond donors (Lipinski definition) is 0. The zero-order valence-corrected chi connectivity index (χ0v) is 17.3. The van der Waals surface area contributed by atoms with Gasteiger partial charge in [0.25, 0.3) is 5.92 Å². The van der Waals surface area contributed by atoms with Gasteiger partial charge in [-0.1, -0.05) is 39.8 Å². The van der Waals surface area contributed by atoms with E-state index in [1.807, 2.05) is 45.6 Å². The first-order valence-electron chi connectivity index (χ1n) is 9.71. The maximum absolute atomic E-state index is 13.2. The smallest absolute Gasteiger partial charge is 0.338 e. The number of esters is 1. The van der Waals surface area contributed by atoms with Crippen molar-refractivity contribution in [3.63, 3.8) is 0 Å². The van der Waals surface area contributed by atoms with E-state index in [9.17, 15) is 13.6 Å². The number of ether oxygens (including phenoxy) is 1. The van der Waals surface area contributed by atoms with E-state index < -0.39 is 5.92 Å². The lowest BCUT2D eigenvalue weighted by atomic mass is 10.00. The molecule has 150 valence electrons. The molecule has 0 aromatic heterocycles. The summed E-state index contributed by atoms with van der Waals surface area (Å²) in [5.74, 6) is -2.90. The van der Waals surface area contributed by atoms with Gasteiger partial charge in [-0.15, -0.1) is 0 Å². The highest BCUT2D eigenvalue weighted by molar-refractivity contribution is 5.89. The van der Waals surface area contributed by atoms with Crippen LogP contribution in [0.1, 0.15) is 83.3 Å². The third-order valence-corrected chi connectivity index (χ3v) is 4.02. The van der Waals surface area contributed by atoms with Gasteiger partial charge in [-0.2, -0.15) is 0 Å². The van der Waals surface area contributed by atoms with Crippen molar-refractivity contribution < 1.29 is 18.3 Å². The van der Waals surface area contributed by atoms with Crippen LogP contribution in [0.15, 0.2) is 24.3 Å². The average Bonchev–Trinajstić information content (AvgIpc) is 2.64. The van der Waals surface area contributed by atoms with Crippen molar-refractivity contribution in [3.05, 3.63) is 35.4 Å². The number of halogens is 2. The van der Waals surface area contributed by atoms with Gasteiger partial charge in [-0.05, 0) is 38.5 Å². The Labute approximate surface area is 157 Å². The minimum absolute atomic E-state index is 0.00269.